The molecule has 0 saturated carbocycles. The molecule has 0 atom stereocenters. The van der Waals surface area contributed by atoms with Crippen molar-refractivity contribution in [3.63, 3.8) is 0 Å². The molecule has 0 amide bonds. The van der Waals surface area contributed by atoms with Gasteiger partial charge in [-0.2, -0.15) is 26.3 Å². The molecular formula is C25H20F6N2S2. The maximum Gasteiger partial charge on any atom is 0.380 e. The second-order valence-corrected chi connectivity index (χ2v) is 10.8. The second kappa shape index (κ2) is 7.64. The van der Waals surface area contributed by atoms with Gasteiger partial charge in [0.05, 0.1) is 0 Å². The van der Waals surface area contributed by atoms with Crippen molar-refractivity contribution < 1.29 is 26.3 Å². The summed E-state index contributed by atoms with van der Waals surface area (Å²) < 4.78 is 93.3. The van der Waals surface area contributed by atoms with Crippen molar-refractivity contribution in [2.24, 2.45) is 0 Å². The van der Waals surface area contributed by atoms with Gasteiger partial charge in [0.1, 0.15) is 0 Å². The molecular weight excluding hydrogens is 506 g/mol. The molecule has 35 heavy (non-hydrogen) atoms. The van der Waals surface area contributed by atoms with Gasteiger partial charge >= 0.3 is 17.8 Å². The van der Waals surface area contributed by atoms with Gasteiger partial charge in [-0.15, -0.1) is 22.7 Å². The van der Waals surface area contributed by atoms with Crippen molar-refractivity contribution in [3.8, 4) is 0 Å². The van der Waals surface area contributed by atoms with E-state index in [1.54, 1.807) is 13.8 Å². The third-order valence-corrected chi connectivity index (χ3v) is 8.98. The van der Waals surface area contributed by atoms with Crippen LogP contribution in [0.1, 0.15) is 34.7 Å². The number of nitrogens with two attached hydrogens (primary N) is 2. The van der Waals surface area contributed by atoms with E-state index in [0.29, 0.717) is 30.5 Å². The first kappa shape index (κ1) is 24.0. The van der Waals surface area contributed by atoms with Crippen LogP contribution in [0.2, 0.25) is 0 Å². The fourth-order valence-electron chi connectivity index (χ4n) is 4.76. The Hall–Kier alpha value is -2.72. The summed E-state index contributed by atoms with van der Waals surface area (Å²) in [5.41, 5.74) is 9.22. The number of nitrogen functional groups attached to an aromatic ring is 2. The molecule has 0 radical (unpaired) electrons. The third-order valence-electron chi connectivity index (χ3n) is 6.38. The largest absolute Gasteiger partial charge is 0.399 e. The van der Waals surface area contributed by atoms with E-state index in [2.05, 4.69) is 0 Å². The molecule has 0 bridgehead atoms. The lowest BCUT2D eigenvalue weighted by molar-refractivity contribution is -0.254. The van der Waals surface area contributed by atoms with Crippen molar-refractivity contribution in [2.75, 3.05) is 11.5 Å². The van der Waals surface area contributed by atoms with Gasteiger partial charge in [-0.3, -0.25) is 0 Å². The SMILES string of the molecule is CCc1sc2cc(N)ccc2c1C1=C(c2c(CC)sc3cc(N)ccc23)C(F)(F)C(F)(F)C1(F)F. The van der Waals surface area contributed by atoms with Crippen LogP contribution in [0.25, 0.3) is 31.3 Å². The zero-order valence-electron chi connectivity index (χ0n) is 18.6. The molecule has 0 saturated heterocycles. The molecule has 0 fully saturated rings. The molecule has 184 valence electrons. The van der Waals surface area contributed by atoms with Crippen LogP contribution in [-0.2, 0) is 12.8 Å². The standard InChI is InChI=1S/C25H20F6N2S2/c1-3-15-19(13-7-5-11(32)9-17(13)34-15)21-22(24(28,29)25(30,31)23(21,26)27)20-14-8-6-12(33)10-18(14)35-16(20)4-2/h5-10H,3-4,32-33H2,1-2H3. The average Bonchev–Trinajstić information content (AvgIpc) is 3.35. The van der Waals surface area contributed by atoms with E-state index < -0.39 is 28.9 Å². The smallest absolute Gasteiger partial charge is 0.380 e. The van der Waals surface area contributed by atoms with Gasteiger partial charge in [0, 0.05) is 63.6 Å². The molecule has 4 aromatic rings. The lowest BCUT2D eigenvalue weighted by Crippen LogP contribution is -2.49. The van der Waals surface area contributed by atoms with Crippen LogP contribution in [0.4, 0.5) is 37.7 Å². The van der Waals surface area contributed by atoms with Crippen LogP contribution >= 0.6 is 22.7 Å². The number of anilines is 2. The lowest BCUT2D eigenvalue weighted by Gasteiger charge is -2.26. The Morgan fingerprint density at radius 2 is 1.03 bits per heavy atom. The number of thiophene rings is 2. The van der Waals surface area contributed by atoms with Crippen molar-refractivity contribution in [1.29, 1.82) is 0 Å². The zero-order valence-corrected chi connectivity index (χ0v) is 20.3. The predicted octanol–water partition coefficient (Wildman–Crippen LogP) is 8.24. The highest BCUT2D eigenvalue weighted by Crippen LogP contribution is 2.67. The van der Waals surface area contributed by atoms with E-state index in [4.69, 9.17) is 11.5 Å². The number of hydrogen-bond acceptors (Lipinski definition) is 4. The number of fused-ring (bicyclic) bond motifs is 2. The van der Waals surface area contributed by atoms with E-state index in [1.807, 2.05) is 0 Å². The Morgan fingerprint density at radius 3 is 1.37 bits per heavy atom. The molecule has 0 spiro atoms. The molecule has 1 aliphatic carbocycles. The highest BCUT2D eigenvalue weighted by molar-refractivity contribution is 7.20. The van der Waals surface area contributed by atoms with E-state index >= 15 is 26.3 Å². The quantitative estimate of drug-likeness (QED) is 0.208. The first-order valence-electron chi connectivity index (χ1n) is 10.9. The number of benzene rings is 2. The number of halogens is 6. The predicted molar refractivity (Wildman–Crippen MR) is 133 cm³/mol. The van der Waals surface area contributed by atoms with E-state index in [-0.39, 0.29) is 34.7 Å². The van der Waals surface area contributed by atoms with Gasteiger partial charge in [0.2, 0.25) is 0 Å². The van der Waals surface area contributed by atoms with Crippen LogP contribution in [0.3, 0.4) is 0 Å². The summed E-state index contributed by atoms with van der Waals surface area (Å²) in [5.74, 6) is -15.8. The molecule has 2 nitrogen and oxygen atoms in total. The number of hydrogen-bond donors (Lipinski definition) is 2. The maximum atomic E-state index is 15.6. The Morgan fingerprint density at radius 1 is 0.657 bits per heavy atom. The molecule has 1 aliphatic rings. The van der Waals surface area contributed by atoms with Crippen molar-refractivity contribution in [1.82, 2.24) is 0 Å². The summed E-state index contributed by atoms with van der Waals surface area (Å²) in [6.45, 7) is 3.34. The molecule has 2 aromatic heterocycles. The second-order valence-electron chi connectivity index (χ2n) is 8.49. The molecule has 5 rings (SSSR count). The summed E-state index contributed by atoms with van der Waals surface area (Å²) in [6, 6.07) is 8.82. The summed E-state index contributed by atoms with van der Waals surface area (Å²) in [7, 11) is 0. The van der Waals surface area contributed by atoms with Crippen LogP contribution in [0, 0.1) is 0 Å². The van der Waals surface area contributed by atoms with Crippen LogP contribution in [-0.4, -0.2) is 17.8 Å². The highest BCUT2D eigenvalue weighted by atomic mass is 32.1. The fraction of sp³-hybridized carbons (Fsp3) is 0.280. The van der Waals surface area contributed by atoms with Crippen molar-refractivity contribution >= 4 is 65.4 Å². The van der Waals surface area contributed by atoms with Gasteiger partial charge in [0.25, 0.3) is 0 Å². The Labute approximate surface area is 204 Å². The minimum atomic E-state index is -5.62. The summed E-state index contributed by atoms with van der Waals surface area (Å²) in [4.78, 5) is 0.626. The Bertz CT molecular complexity index is 1420. The van der Waals surface area contributed by atoms with Gasteiger partial charge in [-0.05, 0) is 37.1 Å². The van der Waals surface area contributed by atoms with Gasteiger partial charge in [0.15, 0.2) is 0 Å². The van der Waals surface area contributed by atoms with Crippen LogP contribution in [0.5, 0.6) is 0 Å². The van der Waals surface area contributed by atoms with Gasteiger partial charge in [-0.25, -0.2) is 0 Å². The fourth-order valence-corrected chi connectivity index (χ4v) is 7.16. The Balaban J connectivity index is 2.01. The molecule has 2 aromatic carbocycles. The summed E-state index contributed by atoms with van der Waals surface area (Å²) >= 11 is 2.18. The van der Waals surface area contributed by atoms with E-state index in [1.165, 1.54) is 36.4 Å². The number of rotatable bonds is 4. The summed E-state index contributed by atoms with van der Waals surface area (Å²) in [5, 5.41) is 0.395. The molecule has 4 N–H and O–H groups in total. The van der Waals surface area contributed by atoms with Crippen LogP contribution in [0.15, 0.2) is 36.4 Å². The van der Waals surface area contributed by atoms with E-state index in [0.717, 1.165) is 22.7 Å². The maximum absolute atomic E-state index is 15.6. The number of alkyl halides is 6. The van der Waals surface area contributed by atoms with Crippen LogP contribution < -0.4 is 11.5 Å². The minimum absolute atomic E-state index is 0.195. The number of allylic oxidation sites excluding steroid dienone is 2. The molecule has 0 unspecified atom stereocenters. The average molecular weight is 527 g/mol. The molecule has 2 heterocycles. The minimum Gasteiger partial charge on any atom is -0.399 e. The van der Waals surface area contributed by atoms with Gasteiger partial charge < -0.3 is 11.5 Å². The zero-order chi connectivity index (χ0) is 25.5. The summed E-state index contributed by atoms with van der Waals surface area (Å²) in [6.07, 6.45) is 0.389. The third kappa shape index (κ3) is 3.08. The van der Waals surface area contributed by atoms with Crippen molar-refractivity contribution in [2.45, 2.75) is 44.5 Å². The highest BCUT2D eigenvalue weighted by Gasteiger charge is 2.80. The molecule has 0 aliphatic heterocycles. The van der Waals surface area contributed by atoms with Crippen molar-refractivity contribution in [3.05, 3.63) is 57.3 Å². The number of aryl methyl sites for hydroxylation is 2. The first-order chi connectivity index (χ1) is 16.4. The monoisotopic (exact) mass is 526 g/mol. The Kier molecular flexibility index (Phi) is 5.24. The van der Waals surface area contributed by atoms with Gasteiger partial charge in [-0.1, -0.05) is 26.0 Å². The first-order valence-corrected chi connectivity index (χ1v) is 12.5. The molecule has 10 heteroatoms. The van der Waals surface area contributed by atoms with E-state index in [9.17, 15) is 0 Å². The topological polar surface area (TPSA) is 52.0 Å². The normalized spacial score (nSPS) is 18.7. The lowest BCUT2D eigenvalue weighted by atomic mass is 9.90.